The minimum Gasteiger partial charge on any atom is -0.350 e. The standard InChI is InChI=1S/C9H17NO/c1-6(2)8(5)10-9(11)7(3)4/h6,8H,3H2,1-2,4-5H3,(H,10,11). The minimum absolute atomic E-state index is 0.0498. The third-order valence-corrected chi connectivity index (χ3v) is 1.75. The van der Waals surface area contributed by atoms with Crippen LogP contribution in [0.2, 0.25) is 0 Å². The zero-order valence-electron chi connectivity index (χ0n) is 7.77. The Morgan fingerprint density at radius 3 is 2.09 bits per heavy atom. The molecule has 0 aromatic rings. The van der Waals surface area contributed by atoms with Crippen molar-refractivity contribution < 1.29 is 4.79 Å². The Morgan fingerprint density at radius 1 is 1.36 bits per heavy atom. The highest BCUT2D eigenvalue weighted by Crippen LogP contribution is 2.00. The van der Waals surface area contributed by atoms with Crippen molar-refractivity contribution in [2.45, 2.75) is 33.7 Å². The number of hydrogen-bond acceptors (Lipinski definition) is 1. The second kappa shape index (κ2) is 4.16. The molecule has 11 heavy (non-hydrogen) atoms. The van der Waals surface area contributed by atoms with Crippen LogP contribution in [0.25, 0.3) is 0 Å². The SMILES string of the molecule is C=C(C)C(=O)NC(C)C(C)C. The van der Waals surface area contributed by atoms with Crippen LogP contribution >= 0.6 is 0 Å². The van der Waals surface area contributed by atoms with Crippen LogP contribution in [0.3, 0.4) is 0 Å². The molecule has 0 aliphatic heterocycles. The van der Waals surface area contributed by atoms with Crippen molar-refractivity contribution in [1.29, 1.82) is 0 Å². The molecule has 1 unspecified atom stereocenters. The average Bonchev–Trinajstić information content (AvgIpc) is 1.87. The summed E-state index contributed by atoms with van der Waals surface area (Å²) in [6, 6.07) is 0.221. The van der Waals surface area contributed by atoms with Crippen LogP contribution in [0.5, 0.6) is 0 Å². The van der Waals surface area contributed by atoms with Crippen molar-refractivity contribution in [2.24, 2.45) is 5.92 Å². The van der Waals surface area contributed by atoms with Crippen molar-refractivity contribution in [3.8, 4) is 0 Å². The van der Waals surface area contributed by atoms with Gasteiger partial charge in [0.2, 0.25) is 5.91 Å². The van der Waals surface area contributed by atoms with Crippen LogP contribution in [0.1, 0.15) is 27.7 Å². The van der Waals surface area contributed by atoms with Gasteiger partial charge >= 0.3 is 0 Å². The van der Waals surface area contributed by atoms with E-state index in [1.54, 1.807) is 6.92 Å². The molecule has 0 aliphatic rings. The van der Waals surface area contributed by atoms with Crippen LogP contribution in [-0.2, 0) is 4.79 Å². The molecular formula is C9H17NO. The van der Waals surface area contributed by atoms with Crippen LogP contribution in [0.4, 0.5) is 0 Å². The zero-order chi connectivity index (χ0) is 9.02. The lowest BCUT2D eigenvalue weighted by Gasteiger charge is -2.16. The van der Waals surface area contributed by atoms with Crippen molar-refractivity contribution in [2.75, 3.05) is 0 Å². The van der Waals surface area contributed by atoms with Crippen molar-refractivity contribution in [1.82, 2.24) is 5.32 Å². The largest absolute Gasteiger partial charge is 0.350 e. The van der Waals surface area contributed by atoms with Gasteiger partial charge < -0.3 is 5.32 Å². The smallest absolute Gasteiger partial charge is 0.246 e. The second-order valence-electron chi connectivity index (χ2n) is 3.29. The first-order valence-electron chi connectivity index (χ1n) is 3.91. The maximum atomic E-state index is 11.0. The monoisotopic (exact) mass is 155 g/mol. The molecule has 0 saturated heterocycles. The Hall–Kier alpha value is -0.790. The van der Waals surface area contributed by atoms with E-state index < -0.39 is 0 Å². The van der Waals surface area contributed by atoms with E-state index in [9.17, 15) is 4.79 Å². The molecule has 0 aromatic heterocycles. The summed E-state index contributed by atoms with van der Waals surface area (Å²) < 4.78 is 0. The minimum atomic E-state index is -0.0498. The van der Waals surface area contributed by atoms with Gasteiger partial charge in [0.15, 0.2) is 0 Å². The van der Waals surface area contributed by atoms with E-state index in [2.05, 4.69) is 25.7 Å². The average molecular weight is 155 g/mol. The van der Waals surface area contributed by atoms with E-state index in [-0.39, 0.29) is 11.9 Å². The van der Waals surface area contributed by atoms with E-state index >= 15 is 0 Å². The van der Waals surface area contributed by atoms with Gasteiger partial charge in [-0.05, 0) is 19.8 Å². The highest BCUT2D eigenvalue weighted by molar-refractivity contribution is 5.92. The van der Waals surface area contributed by atoms with Gasteiger partial charge in [0, 0.05) is 11.6 Å². The molecule has 1 atom stereocenters. The van der Waals surface area contributed by atoms with Crippen LogP contribution in [0, 0.1) is 5.92 Å². The quantitative estimate of drug-likeness (QED) is 0.618. The van der Waals surface area contributed by atoms with Gasteiger partial charge in [-0.25, -0.2) is 0 Å². The fourth-order valence-corrected chi connectivity index (χ4v) is 0.497. The molecule has 0 saturated carbocycles. The number of amides is 1. The molecule has 1 amide bonds. The highest BCUT2D eigenvalue weighted by Gasteiger charge is 2.09. The Bertz CT molecular complexity index is 161. The fourth-order valence-electron chi connectivity index (χ4n) is 0.497. The van der Waals surface area contributed by atoms with E-state index in [1.807, 2.05) is 6.92 Å². The molecule has 0 radical (unpaired) electrons. The number of hydrogen-bond donors (Lipinski definition) is 1. The van der Waals surface area contributed by atoms with Gasteiger partial charge in [-0.15, -0.1) is 0 Å². The summed E-state index contributed by atoms with van der Waals surface area (Å²) in [4.78, 5) is 11.0. The molecule has 64 valence electrons. The Kier molecular flexibility index (Phi) is 3.86. The first kappa shape index (κ1) is 10.2. The van der Waals surface area contributed by atoms with Crippen molar-refractivity contribution >= 4 is 5.91 Å². The molecule has 0 heterocycles. The van der Waals surface area contributed by atoms with E-state index in [4.69, 9.17) is 0 Å². The third kappa shape index (κ3) is 3.81. The van der Waals surface area contributed by atoms with Gasteiger partial charge in [-0.3, -0.25) is 4.79 Å². The molecule has 0 spiro atoms. The number of carbonyl (C=O) groups excluding carboxylic acids is 1. The summed E-state index contributed by atoms with van der Waals surface area (Å²) in [5.74, 6) is 0.421. The van der Waals surface area contributed by atoms with Gasteiger partial charge in [-0.1, -0.05) is 20.4 Å². The Morgan fingerprint density at radius 2 is 1.82 bits per heavy atom. The Balaban J connectivity index is 3.85. The van der Waals surface area contributed by atoms with Gasteiger partial charge in [0.05, 0.1) is 0 Å². The molecule has 0 rings (SSSR count). The topological polar surface area (TPSA) is 29.1 Å². The van der Waals surface area contributed by atoms with E-state index in [0.717, 1.165) is 0 Å². The molecule has 2 heteroatoms. The summed E-state index contributed by atoms with van der Waals surface area (Å²) >= 11 is 0. The lowest BCUT2D eigenvalue weighted by Crippen LogP contribution is -2.36. The van der Waals surface area contributed by atoms with Crippen molar-refractivity contribution in [3.05, 3.63) is 12.2 Å². The van der Waals surface area contributed by atoms with Gasteiger partial charge in [-0.2, -0.15) is 0 Å². The summed E-state index contributed by atoms with van der Waals surface area (Å²) in [7, 11) is 0. The lowest BCUT2D eigenvalue weighted by molar-refractivity contribution is -0.118. The lowest BCUT2D eigenvalue weighted by atomic mass is 10.1. The predicted octanol–water partition coefficient (Wildman–Crippen LogP) is 1.72. The van der Waals surface area contributed by atoms with Crippen LogP contribution < -0.4 is 5.32 Å². The maximum absolute atomic E-state index is 11.0. The van der Waals surface area contributed by atoms with Gasteiger partial charge in [0.1, 0.15) is 0 Å². The molecule has 0 bridgehead atoms. The van der Waals surface area contributed by atoms with Crippen LogP contribution in [0.15, 0.2) is 12.2 Å². The molecule has 0 fully saturated rings. The first-order valence-corrected chi connectivity index (χ1v) is 3.91. The normalized spacial score (nSPS) is 12.8. The zero-order valence-corrected chi connectivity index (χ0v) is 7.77. The number of carbonyl (C=O) groups is 1. The fraction of sp³-hybridized carbons (Fsp3) is 0.667. The summed E-state index contributed by atoms with van der Waals surface area (Å²) in [6.45, 7) is 11.4. The first-order chi connectivity index (χ1) is 4.95. The maximum Gasteiger partial charge on any atom is 0.246 e. The second-order valence-corrected chi connectivity index (χ2v) is 3.29. The Labute approximate surface area is 68.7 Å². The predicted molar refractivity (Wildman–Crippen MR) is 47.3 cm³/mol. The summed E-state index contributed by atoms with van der Waals surface area (Å²) in [5.41, 5.74) is 0.567. The third-order valence-electron chi connectivity index (χ3n) is 1.75. The van der Waals surface area contributed by atoms with E-state index in [0.29, 0.717) is 11.5 Å². The molecule has 2 nitrogen and oxygen atoms in total. The number of nitrogens with one attached hydrogen (secondary N) is 1. The molecule has 0 aliphatic carbocycles. The van der Waals surface area contributed by atoms with Crippen LogP contribution in [-0.4, -0.2) is 11.9 Å². The summed E-state index contributed by atoms with van der Waals surface area (Å²) in [6.07, 6.45) is 0. The van der Waals surface area contributed by atoms with Crippen molar-refractivity contribution in [3.63, 3.8) is 0 Å². The number of rotatable bonds is 3. The highest BCUT2D eigenvalue weighted by atomic mass is 16.1. The molecule has 0 aromatic carbocycles. The summed E-state index contributed by atoms with van der Waals surface area (Å²) in [5, 5.41) is 2.84. The molecule has 1 N–H and O–H groups in total. The molecular weight excluding hydrogens is 138 g/mol. The van der Waals surface area contributed by atoms with E-state index in [1.165, 1.54) is 0 Å². The van der Waals surface area contributed by atoms with Gasteiger partial charge in [0.25, 0.3) is 0 Å².